The van der Waals surface area contributed by atoms with Crippen molar-refractivity contribution in [3.8, 4) is 0 Å². The summed E-state index contributed by atoms with van der Waals surface area (Å²) < 4.78 is 0. The van der Waals surface area contributed by atoms with Gasteiger partial charge in [-0.25, -0.2) is 0 Å². The fourth-order valence-corrected chi connectivity index (χ4v) is 15.6. The monoisotopic (exact) mass is 1440 g/mol. The zero-order chi connectivity index (χ0) is 76.3. The highest BCUT2D eigenvalue weighted by Gasteiger charge is 2.28. The standard InChI is InChI=1S/C110H88N2/c1-73-17-41-85(42-18-73)101(86-43-19-74(2)20-44-86)65-81-33-57-97(58-34-81)111(98-59-35-82(36-60-98)66-102(87-45-21-75(3)22-46-87)88-47-23-76(4)24-48-88)109-105-69-93-13-9-11-15-95(93)71-107(105)110(108-72-96-16-12-10-14-94(96)70-106(108)109)112(99-61-37-83(38-62-99)67-103(89-49-25-77(5)26-50-89)90-51-27-78(6)28-52-90)100-63-39-84(40-64-100)68-104(91-53-29-79(7)30-54-91)92-55-31-80(8)32-56-92/h9-72H,1-8H3. The molecular formula is C110H88N2. The third kappa shape index (κ3) is 15.2. The predicted molar refractivity (Wildman–Crippen MR) is 483 cm³/mol. The van der Waals surface area contributed by atoms with Crippen LogP contribution >= 0.6 is 0 Å². The molecule has 0 heterocycles. The molecule has 112 heavy (non-hydrogen) atoms. The second-order valence-corrected chi connectivity index (χ2v) is 30.4. The molecular weight excluding hydrogens is 1350 g/mol. The smallest absolute Gasteiger partial charge is 0.0620 e. The largest absolute Gasteiger partial charge is 0.309 e. The molecule has 0 fully saturated rings. The Bertz CT molecular complexity index is 5440. The van der Waals surface area contributed by atoms with E-state index in [9.17, 15) is 0 Å². The van der Waals surface area contributed by atoms with Crippen LogP contribution in [0.25, 0.3) is 89.7 Å². The minimum atomic E-state index is 1.03. The Labute approximate surface area is 659 Å². The molecule has 0 amide bonds. The Morgan fingerprint density at radius 2 is 0.330 bits per heavy atom. The van der Waals surface area contributed by atoms with Gasteiger partial charge in [0, 0.05) is 44.3 Å². The highest BCUT2D eigenvalue weighted by molar-refractivity contribution is 6.27. The number of rotatable bonds is 18. The van der Waals surface area contributed by atoms with E-state index in [4.69, 9.17) is 0 Å². The number of benzene rings is 17. The van der Waals surface area contributed by atoms with Crippen molar-refractivity contribution in [1.29, 1.82) is 0 Å². The van der Waals surface area contributed by atoms with Gasteiger partial charge in [-0.3, -0.25) is 0 Å². The normalized spacial score (nSPS) is 11.2. The van der Waals surface area contributed by atoms with E-state index in [0.717, 1.165) is 99.5 Å². The van der Waals surface area contributed by atoms with Crippen molar-refractivity contribution < 1.29 is 0 Å². The first-order chi connectivity index (χ1) is 54.7. The topological polar surface area (TPSA) is 6.48 Å². The molecule has 0 saturated heterocycles. The molecule has 0 spiro atoms. The van der Waals surface area contributed by atoms with Crippen LogP contribution in [0.3, 0.4) is 0 Å². The second-order valence-electron chi connectivity index (χ2n) is 30.4. The first-order valence-corrected chi connectivity index (χ1v) is 39.0. The highest BCUT2D eigenvalue weighted by atomic mass is 15.2. The van der Waals surface area contributed by atoms with Gasteiger partial charge in [0.15, 0.2) is 0 Å². The maximum Gasteiger partial charge on any atom is 0.0620 e. The van der Waals surface area contributed by atoms with Crippen molar-refractivity contribution in [2.24, 2.45) is 0 Å². The fourth-order valence-electron chi connectivity index (χ4n) is 15.6. The zero-order valence-corrected chi connectivity index (χ0v) is 64.8. The van der Waals surface area contributed by atoms with E-state index in [-0.39, 0.29) is 0 Å². The maximum absolute atomic E-state index is 2.53. The Kier molecular flexibility index (Phi) is 19.8. The molecule has 17 rings (SSSR count). The number of aryl methyl sites for hydroxylation is 8. The predicted octanol–water partition coefficient (Wildman–Crippen LogP) is 30.1. The third-order valence-electron chi connectivity index (χ3n) is 22.0. The molecule has 0 atom stereocenters. The molecule has 0 aliphatic carbocycles. The van der Waals surface area contributed by atoms with E-state index in [2.05, 4.69) is 453 Å². The third-order valence-corrected chi connectivity index (χ3v) is 22.0. The van der Waals surface area contributed by atoms with E-state index in [1.807, 2.05) is 0 Å². The van der Waals surface area contributed by atoms with Gasteiger partial charge in [-0.05, 0) is 263 Å². The van der Waals surface area contributed by atoms with Crippen molar-refractivity contribution in [1.82, 2.24) is 0 Å². The summed E-state index contributed by atoms with van der Waals surface area (Å²) in [6.45, 7) is 17.2. The summed E-state index contributed by atoms with van der Waals surface area (Å²) in [5.41, 5.74) is 34.6. The first kappa shape index (κ1) is 71.3. The summed E-state index contributed by atoms with van der Waals surface area (Å²) in [5, 5.41) is 9.04. The summed E-state index contributed by atoms with van der Waals surface area (Å²) >= 11 is 0. The van der Waals surface area contributed by atoms with Crippen LogP contribution in [0.4, 0.5) is 34.1 Å². The number of fused-ring (bicyclic) bond motifs is 4. The summed E-state index contributed by atoms with van der Waals surface area (Å²) in [7, 11) is 0. The van der Waals surface area contributed by atoms with Crippen LogP contribution in [0.2, 0.25) is 0 Å². The molecule has 0 saturated carbocycles. The van der Waals surface area contributed by atoms with Crippen molar-refractivity contribution in [2.75, 3.05) is 9.80 Å². The molecule has 0 radical (unpaired) electrons. The Morgan fingerprint density at radius 1 is 0.179 bits per heavy atom. The number of anilines is 6. The summed E-state index contributed by atoms with van der Waals surface area (Å²) in [6, 6.07) is 136. The van der Waals surface area contributed by atoms with Gasteiger partial charge < -0.3 is 9.80 Å². The molecule has 2 heteroatoms. The SMILES string of the molecule is Cc1ccc(C(=Cc2ccc(N(c3ccc(C=C(c4ccc(C)cc4)c4ccc(C)cc4)cc3)c3c4cc5ccccc5cc4c(N(c4ccc(C=C(c5ccc(C)cc5)c5ccc(C)cc5)cc4)c4ccc(C=C(c5ccc(C)cc5)c5ccc(C)cc5)cc4)c4cc5ccccc5cc34)cc2)c2ccc(C)cc2)cc1. The lowest BCUT2D eigenvalue weighted by atomic mass is 9.91. The van der Waals surface area contributed by atoms with E-state index in [1.165, 1.54) is 111 Å². The van der Waals surface area contributed by atoms with Gasteiger partial charge in [-0.2, -0.15) is 0 Å². The highest BCUT2D eigenvalue weighted by Crippen LogP contribution is 2.53. The van der Waals surface area contributed by atoms with E-state index in [1.54, 1.807) is 0 Å². The molecule has 0 aliphatic heterocycles. The van der Waals surface area contributed by atoms with E-state index < -0.39 is 0 Å². The Hall–Kier alpha value is -13.7. The molecule has 17 aromatic rings. The summed E-state index contributed by atoms with van der Waals surface area (Å²) in [4.78, 5) is 5.07. The van der Waals surface area contributed by atoms with E-state index >= 15 is 0 Å². The molecule has 538 valence electrons. The molecule has 17 aromatic carbocycles. The van der Waals surface area contributed by atoms with Crippen LogP contribution in [0, 0.1) is 55.4 Å². The Balaban J connectivity index is 0.914. The van der Waals surface area contributed by atoms with Crippen LogP contribution in [0.15, 0.2) is 364 Å². The molecule has 0 unspecified atom stereocenters. The fraction of sp³-hybridized carbons (Fsp3) is 0.0727. The van der Waals surface area contributed by atoms with Gasteiger partial charge in [-0.1, -0.05) is 336 Å². The van der Waals surface area contributed by atoms with Crippen LogP contribution in [0.1, 0.15) is 111 Å². The number of nitrogens with zero attached hydrogens (tertiary/aromatic N) is 2. The molecule has 0 N–H and O–H groups in total. The van der Waals surface area contributed by atoms with Gasteiger partial charge in [0.05, 0.1) is 11.4 Å². The lowest BCUT2D eigenvalue weighted by molar-refractivity contribution is 1.29. The molecule has 2 nitrogen and oxygen atoms in total. The summed E-state index contributed by atoms with van der Waals surface area (Å²) in [5.74, 6) is 0. The van der Waals surface area contributed by atoms with Crippen molar-refractivity contribution in [2.45, 2.75) is 55.4 Å². The quantitative estimate of drug-likeness (QED) is 0.0480. The van der Waals surface area contributed by atoms with Crippen LogP contribution in [0.5, 0.6) is 0 Å². The van der Waals surface area contributed by atoms with Gasteiger partial charge in [0.25, 0.3) is 0 Å². The molecule has 0 bridgehead atoms. The van der Waals surface area contributed by atoms with Crippen LogP contribution < -0.4 is 9.80 Å². The van der Waals surface area contributed by atoms with Gasteiger partial charge in [0.1, 0.15) is 0 Å². The number of hydrogen-bond donors (Lipinski definition) is 0. The van der Waals surface area contributed by atoms with E-state index in [0.29, 0.717) is 0 Å². The zero-order valence-electron chi connectivity index (χ0n) is 64.8. The van der Waals surface area contributed by atoms with Crippen LogP contribution in [-0.4, -0.2) is 0 Å². The van der Waals surface area contributed by atoms with Crippen molar-refractivity contribution in [3.05, 3.63) is 475 Å². The summed E-state index contributed by atoms with van der Waals surface area (Å²) in [6.07, 6.45) is 9.40. The average Bonchev–Trinajstić information content (AvgIpc) is 0.709. The van der Waals surface area contributed by atoms with Gasteiger partial charge in [0.2, 0.25) is 0 Å². The average molecular weight is 1440 g/mol. The van der Waals surface area contributed by atoms with Crippen molar-refractivity contribution >= 4 is 124 Å². The Morgan fingerprint density at radius 3 is 0.482 bits per heavy atom. The number of hydrogen-bond acceptors (Lipinski definition) is 2. The van der Waals surface area contributed by atoms with Gasteiger partial charge in [-0.15, -0.1) is 0 Å². The minimum Gasteiger partial charge on any atom is -0.309 e. The lowest BCUT2D eigenvalue weighted by Gasteiger charge is -2.33. The minimum absolute atomic E-state index is 1.03. The first-order valence-electron chi connectivity index (χ1n) is 39.0. The lowest BCUT2D eigenvalue weighted by Crippen LogP contribution is -2.15. The van der Waals surface area contributed by atoms with Gasteiger partial charge >= 0.3 is 0 Å². The maximum atomic E-state index is 2.53. The van der Waals surface area contributed by atoms with Crippen LogP contribution in [-0.2, 0) is 0 Å². The molecule has 0 aliphatic rings. The molecule has 0 aromatic heterocycles. The van der Waals surface area contributed by atoms with Crippen molar-refractivity contribution in [3.63, 3.8) is 0 Å². The second kappa shape index (κ2) is 31.1.